The van der Waals surface area contributed by atoms with Crippen LogP contribution in [-0.2, 0) is 10.2 Å². The van der Waals surface area contributed by atoms with Crippen LogP contribution in [0.25, 0.3) is 0 Å². The molecule has 4 heteroatoms. The Balaban J connectivity index is 1.65. The van der Waals surface area contributed by atoms with Gasteiger partial charge in [-0.25, -0.2) is 0 Å². The van der Waals surface area contributed by atoms with Gasteiger partial charge in [0.1, 0.15) is 0 Å². The molecule has 24 heavy (non-hydrogen) atoms. The molecule has 0 saturated heterocycles. The molecule has 3 rings (SSSR count). The number of hydrogen-bond acceptors (Lipinski definition) is 2. The Morgan fingerprint density at radius 2 is 1.75 bits per heavy atom. The molecule has 2 aliphatic carbocycles. The lowest BCUT2D eigenvalue weighted by Gasteiger charge is -2.31. The minimum Gasteiger partial charge on any atom is -0.391 e. The highest BCUT2D eigenvalue weighted by molar-refractivity contribution is 6.30. The van der Waals surface area contributed by atoms with Crippen molar-refractivity contribution in [1.82, 2.24) is 5.32 Å². The van der Waals surface area contributed by atoms with Gasteiger partial charge in [-0.05, 0) is 49.3 Å². The molecule has 2 saturated carbocycles. The van der Waals surface area contributed by atoms with E-state index in [9.17, 15) is 9.90 Å². The summed E-state index contributed by atoms with van der Waals surface area (Å²) in [5, 5.41) is 14.2. The lowest BCUT2D eigenvalue weighted by molar-refractivity contribution is -0.127. The van der Waals surface area contributed by atoms with E-state index in [1.54, 1.807) is 0 Å². The van der Waals surface area contributed by atoms with Crippen LogP contribution in [0, 0.1) is 5.92 Å². The highest BCUT2D eigenvalue weighted by Crippen LogP contribution is 2.41. The second-order valence-corrected chi connectivity index (χ2v) is 7.91. The summed E-state index contributed by atoms with van der Waals surface area (Å²) < 4.78 is 0. The summed E-state index contributed by atoms with van der Waals surface area (Å²) in [4.78, 5) is 13.0. The van der Waals surface area contributed by atoms with Crippen molar-refractivity contribution in [2.24, 2.45) is 5.92 Å². The summed E-state index contributed by atoms with van der Waals surface area (Å²) >= 11 is 6.00. The predicted molar refractivity (Wildman–Crippen MR) is 97.2 cm³/mol. The lowest BCUT2D eigenvalue weighted by Crippen LogP contribution is -2.46. The third kappa shape index (κ3) is 3.78. The first kappa shape index (κ1) is 17.8. The number of nitrogens with one attached hydrogen (secondary N) is 1. The number of benzene rings is 1. The van der Waals surface area contributed by atoms with E-state index in [-0.39, 0.29) is 5.91 Å². The van der Waals surface area contributed by atoms with Crippen LogP contribution >= 0.6 is 11.6 Å². The quantitative estimate of drug-likeness (QED) is 0.836. The summed E-state index contributed by atoms with van der Waals surface area (Å²) in [6, 6.07) is 7.68. The zero-order chi connectivity index (χ0) is 17.0. The Morgan fingerprint density at radius 1 is 1.12 bits per heavy atom. The fourth-order valence-electron chi connectivity index (χ4n) is 4.45. The van der Waals surface area contributed by atoms with Gasteiger partial charge < -0.3 is 10.4 Å². The molecule has 0 heterocycles. The van der Waals surface area contributed by atoms with E-state index in [1.165, 1.54) is 19.3 Å². The molecule has 1 aromatic carbocycles. The summed E-state index contributed by atoms with van der Waals surface area (Å²) in [6.45, 7) is 0.374. The molecule has 2 aliphatic rings. The van der Waals surface area contributed by atoms with Gasteiger partial charge >= 0.3 is 0 Å². The summed E-state index contributed by atoms with van der Waals surface area (Å²) in [6.07, 6.45) is 9.31. The molecule has 0 aromatic heterocycles. The SMILES string of the molecule is O=C(NCC(O)C1CCCCC1)C1(c2ccc(Cl)cc2)CCCC1. The minimum atomic E-state index is -0.448. The normalized spacial score (nSPS) is 22.2. The van der Waals surface area contributed by atoms with Crippen LogP contribution in [0.2, 0.25) is 5.02 Å². The van der Waals surface area contributed by atoms with Crippen molar-refractivity contribution >= 4 is 17.5 Å². The molecule has 1 atom stereocenters. The van der Waals surface area contributed by atoms with Gasteiger partial charge in [-0.2, -0.15) is 0 Å². The molecule has 1 amide bonds. The van der Waals surface area contributed by atoms with Crippen LogP contribution in [0.5, 0.6) is 0 Å². The number of amides is 1. The predicted octanol–water partition coefficient (Wildman–Crippen LogP) is 4.21. The number of aliphatic hydroxyl groups excluding tert-OH is 1. The topological polar surface area (TPSA) is 49.3 Å². The molecular weight excluding hydrogens is 322 g/mol. The second-order valence-electron chi connectivity index (χ2n) is 7.47. The molecular formula is C20H28ClNO2. The van der Waals surface area contributed by atoms with Crippen molar-refractivity contribution in [3.8, 4) is 0 Å². The first-order chi connectivity index (χ1) is 11.6. The maximum absolute atomic E-state index is 13.0. The average molecular weight is 350 g/mol. The Labute approximate surface area is 149 Å². The fraction of sp³-hybridized carbons (Fsp3) is 0.650. The van der Waals surface area contributed by atoms with E-state index in [4.69, 9.17) is 11.6 Å². The van der Waals surface area contributed by atoms with Crippen molar-refractivity contribution < 1.29 is 9.90 Å². The molecule has 2 N–H and O–H groups in total. The molecule has 0 spiro atoms. The zero-order valence-corrected chi connectivity index (χ0v) is 15.0. The van der Waals surface area contributed by atoms with Crippen molar-refractivity contribution in [2.45, 2.75) is 69.3 Å². The van der Waals surface area contributed by atoms with E-state index >= 15 is 0 Å². The van der Waals surface area contributed by atoms with Crippen LogP contribution in [0.15, 0.2) is 24.3 Å². The van der Waals surface area contributed by atoms with E-state index in [0.29, 0.717) is 17.5 Å². The van der Waals surface area contributed by atoms with Gasteiger partial charge in [0.05, 0.1) is 11.5 Å². The first-order valence-corrected chi connectivity index (χ1v) is 9.72. The van der Waals surface area contributed by atoms with Crippen molar-refractivity contribution in [2.75, 3.05) is 6.54 Å². The fourth-order valence-corrected chi connectivity index (χ4v) is 4.57. The van der Waals surface area contributed by atoms with Gasteiger partial charge in [0.25, 0.3) is 0 Å². The molecule has 3 nitrogen and oxygen atoms in total. The standard InChI is InChI=1S/C20H28ClNO2/c21-17-10-8-16(9-11-17)20(12-4-5-13-20)19(24)22-14-18(23)15-6-2-1-3-7-15/h8-11,15,18,23H,1-7,12-14H2,(H,22,24). The lowest BCUT2D eigenvalue weighted by atomic mass is 9.78. The van der Waals surface area contributed by atoms with E-state index < -0.39 is 11.5 Å². The van der Waals surface area contributed by atoms with Gasteiger partial charge in [0, 0.05) is 11.6 Å². The number of hydrogen-bond donors (Lipinski definition) is 2. The average Bonchev–Trinajstić information content (AvgIpc) is 3.12. The van der Waals surface area contributed by atoms with Crippen LogP contribution in [0.3, 0.4) is 0 Å². The number of carbonyl (C=O) groups excluding carboxylic acids is 1. The maximum Gasteiger partial charge on any atom is 0.230 e. The molecule has 132 valence electrons. The minimum absolute atomic E-state index is 0.0668. The monoisotopic (exact) mass is 349 g/mol. The molecule has 0 radical (unpaired) electrons. The highest BCUT2D eigenvalue weighted by atomic mass is 35.5. The molecule has 0 aliphatic heterocycles. The van der Waals surface area contributed by atoms with Crippen LogP contribution in [0.1, 0.15) is 63.4 Å². The van der Waals surface area contributed by atoms with Crippen molar-refractivity contribution in [3.63, 3.8) is 0 Å². The molecule has 2 fully saturated rings. The van der Waals surface area contributed by atoms with Gasteiger partial charge in [-0.1, -0.05) is 55.8 Å². The number of aliphatic hydroxyl groups is 1. The molecule has 0 bridgehead atoms. The van der Waals surface area contributed by atoms with Gasteiger partial charge in [0.15, 0.2) is 0 Å². The van der Waals surface area contributed by atoms with Crippen molar-refractivity contribution in [3.05, 3.63) is 34.9 Å². The van der Waals surface area contributed by atoms with Gasteiger partial charge in [0.2, 0.25) is 5.91 Å². The second kappa shape index (κ2) is 7.88. The van der Waals surface area contributed by atoms with Gasteiger partial charge in [-0.15, -0.1) is 0 Å². The smallest absolute Gasteiger partial charge is 0.230 e. The number of rotatable bonds is 5. The molecule has 1 unspecified atom stereocenters. The van der Waals surface area contributed by atoms with Crippen LogP contribution < -0.4 is 5.32 Å². The van der Waals surface area contributed by atoms with Crippen molar-refractivity contribution in [1.29, 1.82) is 0 Å². The Bertz CT molecular complexity index is 545. The maximum atomic E-state index is 13.0. The van der Waals surface area contributed by atoms with E-state index in [1.807, 2.05) is 24.3 Å². The third-order valence-corrected chi connectivity index (χ3v) is 6.21. The largest absolute Gasteiger partial charge is 0.391 e. The Hall–Kier alpha value is -1.06. The number of carbonyl (C=O) groups is 1. The van der Waals surface area contributed by atoms with Crippen LogP contribution in [-0.4, -0.2) is 23.7 Å². The number of halogens is 1. The van der Waals surface area contributed by atoms with Gasteiger partial charge in [-0.3, -0.25) is 4.79 Å². The summed E-state index contributed by atoms with van der Waals surface area (Å²) in [5.41, 5.74) is 0.603. The van der Waals surface area contributed by atoms with Crippen LogP contribution in [0.4, 0.5) is 0 Å². The molecule has 1 aromatic rings. The summed E-state index contributed by atoms with van der Waals surface area (Å²) in [5.74, 6) is 0.409. The van der Waals surface area contributed by atoms with E-state index in [2.05, 4.69) is 5.32 Å². The van der Waals surface area contributed by atoms with E-state index in [0.717, 1.165) is 44.1 Å². The zero-order valence-electron chi connectivity index (χ0n) is 14.3. The first-order valence-electron chi connectivity index (χ1n) is 9.34. The Morgan fingerprint density at radius 3 is 2.38 bits per heavy atom. The summed E-state index contributed by atoms with van der Waals surface area (Å²) in [7, 11) is 0. The Kier molecular flexibility index (Phi) is 5.83. The third-order valence-electron chi connectivity index (χ3n) is 5.95. The highest BCUT2D eigenvalue weighted by Gasteiger charge is 2.42.